The van der Waals surface area contributed by atoms with Gasteiger partial charge in [-0.25, -0.2) is 9.59 Å². The monoisotopic (exact) mass is 258 g/mol. The first kappa shape index (κ1) is 14.8. The van der Waals surface area contributed by atoms with Gasteiger partial charge in [-0.1, -0.05) is 0 Å². The smallest absolute Gasteiger partial charge is 0.326 e. The molecule has 0 saturated carbocycles. The highest BCUT2D eigenvalue weighted by atomic mass is 16.5. The molecule has 1 fully saturated rings. The highest BCUT2D eigenvalue weighted by molar-refractivity contribution is 5.82. The normalized spacial score (nSPS) is 19.6. The number of carbonyl (C=O) groups excluding carboxylic acids is 1. The Morgan fingerprint density at radius 2 is 2.17 bits per heavy atom. The van der Waals surface area contributed by atoms with Crippen LogP contribution in [0.15, 0.2) is 0 Å². The minimum atomic E-state index is -0.913. The first-order valence-electron chi connectivity index (χ1n) is 6.43. The fraction of sp³-hybridized carbons (Fsp3) is 0.833. The predicted molar refractivity (Wildman–Crippen MR) is 66.5 cm³/mol. The number of aliphatic carboxylic acids is 1. The highest BCUT2D eigenvalue weighted by Crippen LogP contribution is 2.17. The van der Waals surface area contributed by atoms with Gasteiger partial charge in [0.05, 0.1) is 0 Å². The molecule has 0 aromatic rings. The summed E-state index contributed by atoms with van der Waals surface area (Å²) in [5.41, 5.74) is 0. The van der Waals surface area contributed by atoms with E-state index in [2.05, 4.69) is 5.32 Å². The molecule has 1 rings (SSSR count). The fourth-order valence-electron chi connectivity index (χ4n) is 2.10. The average Bonchev–Trinajstić information content (AvgIpc) is 2.38. The molecular weight excluding hydrogens is 236 g/mol. The number of ether oxygens (including phenoxy) is 1. The quantitative estimate of drug-likeness (QED) is 0.698. The maximum absolute atomic E-state index is 11.9. The summed E-state index contributed by atoms with van der Waals surface area (Å²) in [5, 5.41) is 11.8. The van der Waals surface area contributed by atoms with Crippen molar-refractivity contribution in [3.05, 3.63) is 0 Å². The summed E-state index contributed by atoms with van der Waals surface area (Å²) in [6, 6.07) is -0.933. The molecule has 6 heteroatoms. The van der Waals surface area contributed by atoms with Crippen LogP contribution < -0.4 is 5.32 Å². The number of likely N-dealkylation sites (tertiary alicyclic amines) is 1. The van der Waals surface area contributed by atoms with Gasteiger partial charge in [-0.15, -0.1) is 0 Å². The number of carboxylic acid groups (broad SMARTS) is 1. The van der Waals surface area contributed by atoms with Crippen molar-refractivity contribution in [1.82, 2.24) is 10.2 Å². The van der Waals surface area contributed by atoms with Gasteiger partial charge in [0.15, 0.2) is 0 Å². The molecule has 0 bridgehead atoms. The number of hydrogen-bond donors (Lipinski definition) is 2. The number of rotatable bonds is 6. The van der Waals surface area contributed by atoms with Crippen LogP contribution >= 0.6 is 0 Å². The van der Waals surface area contributed by atoms with Crippen molar-refractivity contribution in [3.8, 4) is 0 Å². The lowest BCUT2D eigenvalue weighted by Gasteiger charge is -2.32. The Morgan fingerprint density at radius 3 is 2.83 bits per heavy atom. The van der Waals surface area contributed by atoms with E-state index in [0.29, 0.717) is 26.1 Å². The Morgan fingerprint density at radius 1 is 1.39 bits per heavy atom. The second-order valence-corrected chi connectivity index (χ2v) is 4.48. The zero-order chi connectivity index (χ0) is 13.4. The summed E-state index contributed by atoms with van der Waals surface area (Å²) in [7, 11) is 1.64. The molecule has 0 radical (unpaired) electrons. The second kappa shape index (κ2) is 7.92. The molecule has 1 aliphatic heterocycles. The molecule has 2 amide bonds. The van der Waals surface area contributed by atoms with Crippen molar-refractivity contribution in [2.24, 2.45) is 0 Å². The maximum atomic E-state index is 11.9. The molecule has 6 nitrogen and oxygen atoms in total. The molecule has 0 aliphatic carbocycles. The topological polar surface area (TPSA) is 78.9 Å². The van der Waals surface area contributed by atoms with E-state index in [-0.39, 0.29) is 6.03 Å². The lowest BCUT2D eigenvalue weighted by atomic mass is 10.0. The van der Waals surface area contributed by atoms with Gasteiger partial charge >= 0.3 is 12.0 Å². The number of amides is 2. The Labute approximate surface area is 107 Å². The molecule has 0 aromatic carbocycles. The first-order valence-corrected chi connectivity index (χ1v) is 6.43. The zero-order valence-electron chi connectivity index (χ0n) is 10.9. The summed E-state index contributed by atoms with van der Waals surface area (Å²) in [4.78, 5) is 24.3. The van der Waals surface area contributed by atoms with Gasteiger partial charge < -0.3 is 20.1 Å². The van der Waals surface area contributed by atoms with Crippen LogP contribution in [0.5, 0.6) is 0 Å². The van der Waals surface area contributed by atoms with Crippen molar-refractivity contribution in [2.45, 2.75) is 38.1 Å². The maximum Gasteiger partial charge on any atom is 0.326 e. The van der Waals surface area contributed by atoms with E-state index in [1.54, 1.807) is 7.11 Å². The van der Waals surface area contributed by atoms with Crippen LogP contribution in [-0.4, -0.2) is 54.9 Å². The Kier molecular flexibility index (Phi) is 6.49. The average molecular weight is 258 g/mol. The highest BCUT2D eigenvalue weighted by Gasteiger charge is 2.31. The van der Waals surface area contributed by atoms with E-state index in [1.165, 1.54) is 4.90 Å². The Bertz CT molecular complexity index is 283. The summed E-state index contributed by atoms with van der Waals surface area (Å²) in [6.07, 6.45) is 4.02. The molecule has 1 aliphatic rings. The lowest BCUT2D eigenvalue weighted by molar-refractivity contribution is -0.143. The number of carbonyl (C=O) groups is 2. The van der Waals surface area contributed by atoms with Gasteiger partial charge in [0.2, 0.25) is 0 Å². The molecule has 18 heavy (non-hydrogen) atoms. The number of carboxylic acids is 1. The van der Waals surface area contributed by atoms with E-state index >= 15 is 0 Å². The van der Waals surface area contributed by atoms with Crippen molar-refractivity contribution in [1.29, 1.82) is 0 Å². The van der Waals surface area contributed by atoms with Gasteiger partial charge in [-0.05, 0) is 32.1 Å². The van der Waals surface area contributed by atoms with Crippen molar-refractivity contribution in [2.75, 3.05) is 26.8 Å². The van der Waals surface area contributed by atoms with Crippen molar-refractivity contribution in [3.63, 3.8) is 0 Å². The van der Waals surface area contributed by atoms with Crippen LogP contribution in [0.2, 0.25) is 0 Å². The zero-order valence-corrected chi connectivity index (χ0v) is 10.9. The van der Waals surface area contributed by atoms with Gasteiger partial charge in [0.1, 0.15) is 6.04 Å². The third-order valence-corrected chi connectivity index (χ3v) is 3.10. The molecular formula is C12H22N2O4. The van der Waals surface area contributed by atoms with E-state index in [0.717, 1.165) is 25.7 Å². The number of urea groups is 1. The largest absolute Gasteiger partial charge is 0.480 e. The van der Waals surface area contributed by atoms with Gasteiger partial charge in [-0.2, -0.15) is 0 Å². The number of methoxy groups -OCH3 is 1. The molecule has 0 aromatic heterocycles. The van der Waals surface area contributed by atoms with Crippen LogP contribution in [0.3, 0.4) is 0 Å². The van der Waals surface area contributed by atoms with Crippen molar-refractivity contribution < 1.29 is 19.4 Å². The van der Waals surface area contributed by atoms with E-state index in [4.69, 9.17) is 9.84 Å². The number of nitrogens with one attached hydrogen (secondary N) is 1. The third-order valence-electron chi connectivity index (χ3n) is 3.10. The summed E-state index contributed by atoms with van der Waals surface area (Å²) < 4.78 is 4.91. The van der Waals surface area contributed by atoms with E-state index in [1.807, 2.05) is 0 Å². The minimum absolute atomic E-state index is 0.264. The number of nitrogens with zero attached hydrogens (tertiary/aromatic N) is 1. The third kappa shape index (κ3) is 4.52. The molecule has 1 unspecified atom stereocenters. The summed E-state index contributed by atoms with van der Waals surface area (Å²) in [5.74, 6) is -0.913. The molecule has 0 spiro atoms. The van der Waals surface area contributed by atoms with Crippen LogP contribution in [-0.2, 0) is 9.53 Å². The molecule has 1 atom stereocenters. The minimum Gasteiger partial charge on any atom is -0.480 e. The Hall–Kier alpha value is -1.30. The summed E-state index contributed by atoms with van der Waals surface area (Å²) in [6.45, 7) is 1.77. The summed E-state index contributed by atoms with van der Waals surface area (Å²) >= 11 is 0. The SMILES string of the molecule is COCCCCNC(=O)N1CCCCC1C(=O)O. The van der Waals surface area contributed by atoms with E-state index in [9.17, 15) is 9.59 Å². The fourth-order valence-corrected chi connectivity index (χ4v) is 2.10. The Balaban J connectivity index is 2.32. The van der Waals surface area contributed by atoms with Crippen LogP contribution in [0.25, 0.3) is 0 Å². The standard InChI is InChI=1S/C12H22N2O4/c1-18-9-5-3-7-13-12(17)14-8-4-2-6-10(14)11(15)16/h10H,2-9H2,1H3,(H,13,17)(H,15,16). The predicted octanol–water partition coefficient (Wildman–Crippen LogP) is 1.06. The van der Waals surface area contributed by atoms with Gasteiger partial charge in [0, 0.05) is 26.8 Å². The van der Waals surface area contributed by atoms with Crippen LogP contribution in [0, 0.1) is 0 Å². The number of unbranched alkanes of at least 4 members (excludes halogenated alkanes) is 1. The molecule has 2 N–H and O–H groups in total. The number of hydrogen-bond acceptors (Lipinski definition) is 3. The van der Waals surface area contributed by atoms with Crippen LogP contribution in [0.1, 0.15) is 32.1 Å². The second-order valence-electron chi connectivity index (χ2n) is 4.48. The van der Waals surface area contributed by atoms with Crippen molar-refractivity contribution >= 4 is 12.0 Å². The molecule has 104 valence electrons. The first-order chi connectivity index (χ1) is 8.66. The lowest BCUT2D eigenvalue weighted by Crippen LogP contribution is -2.52. The number of piperidine rings is 1. The van der Waals surface area contributed by atoms with Crippen LogP contribution in [0.4, 0.5) is 4.79 Å². The van der Waals surface area contributed by atoms with E-state index < -0.39 is 12.0 Å². The van der Waals surface area contributed by atoms with Gasteiger partial charge in [0.25, 0.3) is 0 Å². The molecule has 1 saturated heterocycles. The van der Waals surface area contributed by atoms with Gasteiger partial charge in [-0.3, -0.25) is 0 Å². The molecule has 1 heterocycles.